The first-order valence-corrected chi connectivity index (χ1v) is 7.43. The first-order valence-electron chi connectivity index (χ1n) is 6.56. The van der Waals surface area contributed by atoms with Crippen LogP contribution in [0, 0.1) is 0 Å². The lowest BCUT2D eigenvalue weighted by molar-refractivity contribution is -0.145. The van der Waals surface area contributed by atoms with Crippen molar-refractivity contribution in [2.75, 3.05) is 0 Å². The van der Waals surface area contributed by atoms with Crippen LogP contribution in [0.1, 0.15) is 19.2 Å². The van der Waals surface area contributed by atoms with Crippen LogP contribution in [0.3, 0.4) is 0 Å². The number of alkyl halides is 3. The Morgan fingerprint density at radius 1 is 1.27 bits per heavy atom. The molecule has 0 spiro atoms. The summed E-state index contributed by atoms with van der Waals surface area (Å²) in [4.78, 5) is 18.9. The molecule has 2 atom stereocenters. The summed E-state index contributed by atoms with van der Waals surface area (Å²) in [5.74, 6) is -1.62. The van der Waals surface area contributed by atoms with Gasteiger partial charge in [0.2, 0.25) is 5.82 Å². The second-order valence-electron chi connectivity index (χ2n) is 4.96. The Hall–Kier alpha value is -1.83. The van der Waals surface area contributed by atoms with Crippen LogP contribution in [-0.2, 0) is 15.7 Å². The summed E-state index contributed by atoms with van der Waals surface area (Å²) < 4.78 is 43.8. The van der Waals surface area contributed by atoms with E-state index in [-0.39, 0.29) is 16.6 Å². The SMILES string of the molecule is C[C@@H]1C[C@@H](Sc2nc(C(F)(F)F)nc3ccccc23)C(=O)O1. The molecule has 1 aliphatic rings. The number of benzene rings is 1. The normalized spacial score (nSPS) is 22.1. The molecule has 3 rings (SSSR count). The fourth-order valence-corrected chi connectivity index (χ4v) is 3.44. The molecule has 0 bridgehead atoms. The number of esters is 1. The lowest BCUT2D eigenvalue weighted by Crippen LogP contribution is -2.14. The summed E-state index contributed by atoms with van der Waals surface area (Å²) in [7, 11) is 0. The lowest BCUT2D eigenvalue weighted by atomic mass is 10.2. The van der Waals surface area contributed by atoms with Gasteiger partial charge in [-0.1, -0.05) is 30.0 Å². The molecule has 1 aliphatic heterocycles. The Morgan fingerprint density at radius 3 is 2.64 bits per heavy atom. The maximum absolute atomic E-state index is 12.9. The highest BCUT2D eigenvalue weighted by Crippen LogP contribution is 2.36. The second-order valence-corrected chi connectivity index (χ2v) is 6.15. The lowest BCUT2D eigenvalue weighted by Gasteiger charge is -2.11. The molecule has 1 saturated heterocycles. The van der Waals surface area contributed by atoms with E-state index in [0.717, 1.165) is 11.8 Å². The predicted molar refractivity (Wildman–Crippen MR) is 74.4 cm³/mol. The summed E-state index contributed by atoms with van der Waals surface area (Å²) in [5.41, 5.74) is 0.201. The van der Waals surface area contributed by atoms with Gasteiger partial charge in [-0.15, -0.1) is 0 Å². The number of hydrogen-bond acceptors (Lipinski definition) is 5. The number of carbonyl (C=O) groups excluding carboxylic acids is 1. The molecule has 8 heteroatoms. The minimum absolute atomic E-state index is 0.147. The van der Waals surface area contributed by atoms with E-state index >= 15 is 0 Å². The van der Waals surface area contributed by atoms with Crippen molar-refractivity contribution in [2.45, 2.75) is 35.9 Å². The molecule has 0 amide bonds. The molecular formula is C14H11F3N2O2S. The highest BCUT2D eigenvalue weighted by Gasteiger charge is 2.37. The smallest absolute Gasteiger partial charge is 0.451 e. The van der Waals surface area contributed by atoms with Gasteiger partial charge in [-0.05, 0) is 13.0 Å². The van der Waals surface area contributed by atoms with E-state index < -0.39 is 23.2 Å². The van der Waals surface area contributed by atoms with E-state index in [4.69, 9.17) is 4.74 Å². The quantitative estimate of drug-likeness (QED) is 0.624. The molecule has 0 N–H and O–H groups in total. The third kappa shape index (κ3) is 2.87. The molecule has 0 unspecified atom stereocenters. The van der Waals surface area contributed by atoms with Crippen LogP contribution in [-0.4, -0.2) is 27.3 Å². The maximum Gasteiger partial charge on any atom is 0.451 e. The summed E-state index contributed by atoms with van der Waals surface area (Å²) >= 11 is 0.997. The number of ether oxygens (including phenoxy) is 1. The van der Waals surface area contributed by atoms with Gasteiger partial charge in [-0.3, -0.25) is 4.79 Å². The van der Waals surface area contributed by atoms with Gasteiger partial charge in [-0.25, -0.2) is 9.97 Å². The first-order chi connectivity index (χ1) is 10.3. The number of halogens is 3. The minimum Gasteiger partial charge on any atom is -0.462 e. The van der Waals surface area contributed by atoms with E-state index in [2.05, 4.69) is 9.97 Å². The van der Waals surface area contributed by atoms with Gasteiger partial charge in [0.1, 0.15) is 16.4 Å². The van der Waals surface area contributed by atoms with Gasteiger partial charge in [-0.2, -0.15) is 13.2 Å². The highest BCUT2D eigenvalue weighted by molar-refractivity contribution is 8.00. The number of nitrogens with zero attached hydrogens (tertiary/aromatic N) is 2. The van der Waals surface area contributed by atoms with Crippen molar-refractivity contribution < 1.29 is 22.7 Å². The number of thioether (sulfide) groups is 1. The summed E-state index contributed by atoms with van der Waals surface area (Å²) in [6, 6.07) is 6.43. The van der Waals surface area contributed by atoms with E-state index in [1.165, 1.54) is 6.07 Å². The zero-order chi connectivity index (χ0) is 15.9. The summed E-state index contributed by atoms with van der Waals surface area (Å²) in [6.45, 7) is 1.75. The van der Waals surface area contributed by atoms with Crippen molar-refractivity contribution in [3.8, 4) is 0 Å². The monoisotopic (exact) mass is 328 g/mol. The number of rotatable bonds is 2. The van der Waals surface area contributed by atoms with Crippen molar-refractivity contribution in [1.29, 1.82) is 0 Å². The topological polar surface area (TPSA) is 52.1 Å². The average Bonchev–Trinajstić information content (AvgIpc) is 2.76. The van der Waals surface area contributed by atoms with E-state index in [0.29, 0.717) is 11.8 Å². The number of cyclic esters (lactones) is 1. The van der Waals surface area contributed by atoms with Crippen LogP contribution in [0.15, 0.2) is 29.3 Å². The second kappa shape index (κ2) is 5.42. The third-order valence-corrected chi connectivity index (χ3v) is 4.41. The Kier molecular flexibility index (Phi) is 3.72. The molecule has 4 nitrogen and oxygen atoms in total. The highest BCUT2D eigenvalue weighted by atomic mass is 32.2. The van der Waals surface area contributed by atoms with E-state index in [1.807, 2.05) is 0 Å². The number of hydrogen-bond donors (Lipinski definition) is 0. The van der Waals surface area contributed by atoms with Gasteiger partial charge < -0.3 is 4.74 Å². The van der Waals surface area contributed by atoms with Crippen LogP contribution in [0.25, 0.3) is 10.9 Å². The van der Waals surface area contributed by atoms with Crippen LogP contribution in [0.5, 0.6) is 0 Å². The summed E-state index contributed by atoms with van der Waals surface area (Å²) in [6.07, 6.45) is -4.42. The zero-order valence-corrected chi connectivity index (χ0v) is 12.2. The molecule has 22 heavy (non-hydrogen) atoms. The molecular weight excluding hydrogens is 317 g/mol. The third-order valence-electron chi connectivity index (χ3n) is 3.20. The molecule has 1 fully saturated rings. The number of aromatic nitrogens is 2. The number of carbonyl (C=O) groups is 1. The maximum atomic E-state index is 12.9. The zero-order valence-electron chi connectivity index (χ0n) is 11.4. The van der Waals surface area contributed by atoms with Crippen molar-refractivity contribution in [1.82, 2.24) is 9.97 Å². The van der Waals surface area contributed by atoms with Crippen molar-refractivity contribution in [3.63, 3.8) is 0 Å². The Bertz CT molecular complexity index is 736. The van der Waals surface area contributed by atoms with Crippen LogP contribution >= 0.6 is 11.8 Å². The molecule has 1 aromatic heterocycles. The molecule has 2 heterocycles. The van der Waals surface area contributed by atoms with Crippen LogP contribution in [0.2, 0.25) is 0 Å². The van der Waals surface area contributed by atoms with Crippen molar-refractivity contribution in [3.05, 3.63) is 30.1 Å². The van der Waals surface area contributed by atoms with E-state index in [1.54, 1.807) is 25.1 Å². The average molecular weight is 328 g/mol. The standard InChI is InChI=1S/C14H11F3N2O2S/c1-7-6-10(12(20)21-7)22-11-8-4-2-3-5-9(8)18-13(19-11)14(15,16)17/h2-5,7,10H,6H2,1H3/t7-,10-/m1/s1. The minimum atomic E-state index is -4.64. The van der Waals surface area contributed by atoms with Gasteiger partial charge in [0.05, 0.1) is 5.52 Å². The molecule has 0 saturated carbocycles. The van der Waals surface area contributed by atoms with Crippen LogP contribution < -0.4 is 0 Å². The van der Waals surface area contributed by atoms with Crippen molar-refractivity contribution in [2.24, 2.45) is 0 Å². The van der Waals surface area contributed by atoms with Gasteiger partial charge in [0.25, 0.3) is 0 Å². The predicted octanol–water partition coefficient (Wildman–Crippen LogP) is 3.44. The Balaban J connectivity index is 2.05. The molecule has 1 aromatic carbocycles. The number of fused-ring (bicyclic) bond motifs is 1. The number of para-hydroxylation sites is 1. The summed E-state index contributed by atoms with van der Waals surface area (Å²) in [5, 5.41) is 0.0937. The largest absolute Gasteiger partial charge is 0.462 e. The molecule has 2 aromatic rings. The molecule has 0 aliphatic carbocycles. The Morgan fingerprint density at radius 2 is 2.00 bits per heavy atom. The van der Waals surface area contributed by atoms with E-state index in [9.17, 15) is 18.0 Å². The fraction of sp³-hybridized carbons (Fsp3) is 0.357. The van der Waals surface area contributed by atoms with Gasteiger partial charge in [0.15, 0.2) is 0 Å². The van der Waals surface area contributed by atoms with Crippen molar-refractivity contribution >= 4 is 28.6 Å². The first kappa shape index (κ1) is 15.1. The van der Waals surface area contributed by atoms with Gasteiger partial charge in [0, 0.05) is 11.8 Å². The molecule has 116 valence electrons. The molecule has 0 radical (unpaired) electrons. The van der Waals surface area contributed by atoms with Crippen LogP contribution in [0.4, 0.5) is 13.2 Å². The Labute approximate surface area is 128 Å². The fourth-order valence-electron chi connectivity index (χ4n) is 2.22. The van der Waals surface area contributed by atoms with Gasteiger partial charge >= 0.3 is 12.1 Å².